The van der Waals surface area contributed by atoms with E-state index in [-0.39, 0.29) is 0 Å². The Morgan fingerprint density at radius 3 is 3.00 bits per heavy atom. The topological polar surface area (TPSA) is 12.9 Å². The van der Waals surface area contributed by atoms with Gasteiger partial charge in [0.1, 0.15) is 5.15 Å². The predicted molar refractivity (Wildman–Crippen MR) is 56.7 cm³/mol. The fourth-order valence-electron chi connectivity index (χ4n) is 0.727. The molecule has 0 saturated carbocycles. The summed E-state index contributed by atoms with van der Waals surface area (Å²) < 4.78 is 0.904. The number of halogens is 3. The molecule has 0 amide bonds. The van der Waals surface area contributed by atoms with Gasteiger partial charge in [-0.25, -0.2) is 4.98 Å². The second kappa shape index (κ2) is 4.85. The summed E-state index contributed by atoms with van der Waals surface area (Å²) in [6, 6.07) is 1.89. The SMILES string of the molecule is ClCC=Cc1cc(Br)cnc1Cl. The van der Waals surface area contributed by atoms with E-state index in [1.807, 2.05) is 18.2 Å². The van der Waals surface area contributed by atoms with Gasteiger partial charge in [-0.3, -0.25) is 0 Å². The van der Waals surface area contributed by atoms with Crippen LogP contribution in [0.3, 0.4) is 0 Å². The largest absolute Gasteiger partial charge is 0.243 e. The van der Waals surface area contributed by atoms with Crippen LogP contribution in [-0.4, -0.2) is 10.9 Å². The highest BCUT2D eigenvalue weighted by Crippen LogP contribution is 2.19. The van der Waals surface area contributed by atoms with Gasteiger partial charge in [-0.1, -0.05) is 23.8 Å². The molecule has 0 aliphatic rings. The van der Waals surface area contributed by atoms with Crippen LogP contribution in [0.15, 0.2) is 22.8 Å². The lowest BCUT2D eigenvalue weighted by Crippen LogP contribution is -1.80. The highest BCUT2D eigenvalue weighted by Gasteiger charge is 1.97. The Kier molecular flexibility index (Phi) is 4.06. The molecule has 1 nitrogen and oxygen atoms in total. The molecule has 0 aliphatic carbocycles. The van der Waals surface area contributed by atoms with Crippen molar-refractivity contribution < 1.29 is 0 Å². The van der Waals surface area contributed by atoms with Crippen LogP contribution in [0.4, 0.5) is 0 Å². The van der Waals surface area contributed by atoms with E-state index in [1.54, 1.807) is 6.20 Å². The zero-order chi connectivity index (χ0) is 8.97. The Morgan fingerprint density at radius 2 is 2.33 bits per heavy atom. The highest BCUT2D eigenvalue weighted by molar-refractivity contribution is 9.10. The molecule has 0 unspecified atom stereocenters. The van der Waals surface area contributed by atoms with Gasteiger partial charge in [0, 0.05) is 22.1 Å². The third kappa shape index (κ3) is 2.77. The van der Waals surface area contributed by atoms with Crippen LogP contribution in [0, 0.1) is 0 Å². The minimum Gasteiger partial charge on any atom is -0.243 e. The maximum absolute atomic E-state index is 5.81. The van der Waals surface area contributed by atoms with E-state index in [0.29, 0.717) is 11.0 Å². The average Bonchev–Trinajstić information content (AvgIpc) is 2.07. The molecule has 0 saturated heterocycles. The summed E-state index contributed by atoms with van der Waals surface area (Å²) in [6.07, 6.45) is 5.31. The maximum Gasteiger partial charge on any atom is 0.136 e. The maximum atomic E-state index is 5.81. The van der Waals surface area contributed by atoms with E-state index in [1.165, 1.54) is 0 Å². The molecule has 0 atom stereocenters. The number of nitrogens with zero attached hydrogens (tertiary/aromatic N) is 1. The van der Waals surface area contributed by atoms with Gasteiger partial charge < -0.3 is 0 Å². The standard InChI is InChI=1S/C8H6BrCl2N/c9-7-4-6(2-1-3-10)8(11)12-5-7/h1-2,4-5H,3H2. The van der Waals surface area contributed by atoms with Crippen LogP contribution in [0.1, 0.15) is 5.56 Å². The number of rotatable bonds is 2. The van der Waals surface area contributed by atoms with Gasteiger partial charge in [0.15, 0.2) is 0 Å². The summed E-state index contributed by atoms with van der Waals surface area (Å²) in [5, 5.41) is 0.486. The first-order valence-electron chi connectivity index (χ1n) is 3.27. The van der Waals surface area contributed by atoms with E-state index in [4.69, 9.17) is 23.2 Å². The van der Waals surface area contributed by atoms with E-state index in [9.17, 15) is 0 Å². The van der Waals surface area contributed by atoms with Crippen LogP contribution in [0.5, 0.6) is 0 Å². The van der Waals surface area contributed by atoms with Crippen molar-refractivity contribution in [1.29, 1.82) is 0 Å². The van der Waals surface area contributed by atoms with Gasteiger partial charge in [0.05, 0.1) is 0 Å². The van der Waals surface area contributed by atoms with Crippen molar-refractivity contribution in [3.63, 3.8) is 0 Å². The number of allylic oxidation sites excluding steroid dienone is 1. The molecule has 64 valence electrons. The van der Waals surface area contributed by atoms with Crippen molar-refractivity contribution in [3.8, 4) is 0 Å². The average molecular weight is 267 g/mol. The van der Waals surface area contributed by atoms with Crippen molar-refractivity contribution in [2.24, 2.45) is 0 Å². The lowest BCUT2D eigenvalue weighted by atomic mass is 10.3. The lowest BCUT2D eigenvalue weighted by molar-refractivity contribution is 1.30. The number of alkyl halides is 1. The number of pyridine rings is 1. The van der Waals surface area contributed by atoms with E-state index < -0.39 is 0 Å². The van der Waals surface area contributed by atoms with Gasteiger partial charge in [-0.05, 0) is 22.0 Å². The van der Waals surface area contributed by atoms with Crippen molar-refractivity contribution >= 4 is 45.2 Å². The van der Waals surface area contributed by atoms with Crippen LogP contribution in [-0.2, 0) is 0 Å². The molecule has 1 aromatic heterocycles. The smallest absolute Gasteiger partial charge is 0.136 e. The Morgan fingerprint density at radius 1 is 1.58 bits per heavy atom. The van der Waals surface area contributed by atoms with Crippen molar-refractivity contribution in [2.75, 3.05) is 5.88 Å². The highest BCUT2D eigenvalue weighted by atomic mass is 79.9. The van der Waals surface area contributed by atoms with Crippen LogP contribution in [0.25, 0.3) is 6.08 Å². The van der Waals surface area contributed by atoms with Gasteiger partial charge >= 0.3 is 0 Å². The summed E-state index contributed by atoms with van der Waals surface area (Å²) in [6.45, 7) is 0. The zero-order valence-corrected chi connectivity index (χ0v) is 9.20. The number of hydrogen-bond donors (Lipinski definition) is 0. The van der Waals surface area contributed by atoms with E-state index in [0.717, 1.165) is 10.0 Å². The van der Waals surface area contributed by atoms with Crippen LogP contribution < -0.4 is 0 Å². The van der Waals surface area contributed by atoms with Gasteiger partial charge in [0.25, 0.3) is 0 Å². The minimum atomic E-state index is 0.475. The molecule has 4 heteroatoms. The Labute approximate surface area is 89.5 Å². The molecule has 12 heavy (non-hydrogen) atoms. The first kappa shape index (κ1) is 10.0. The molecule has 1 heterocycles. The molecule has 0 bridgehead atoms. The molecule has 0 N–H and O–H groups in total. The van der Waals surface area contributed by atoms with Gasteiger partial charge in [-0.15, -0.1) is 11.6 Å². The minimum absolute atomic E-state index is 0.475. The molecule has 0 aliphatic heterocycles. The molecule has 0 radical (unpaired) electrons. The first-order valence-corrected chi connectivity index (χ1v) is 4.98. The van der Waals surface area contributed by atoms with Crippen LogP contribution >= 0.6 is 39.1 Å². The number of hydrogen-bond acceptors (Lipinski definition) is 1. The normalized spacial score (nSPS) is 10.9. The van der Waals surface area contributed by atoms with Gasteiger partial charge in [-0.2, -0.15) is 0 Å². The Hall–Kier alpha value is -0.0500. The Balaban J connectivity index is 2.97. The third-order valence-corrected chi connectivity index (χ3v) is 2.15. The van der Waals surface area contributed by atoms with Crippen molar-refractivity contribution in [1.82, 2.24) is 4.98 Å². The zero-order valence-electron chi connectivity index (χ0n) is 6.10. The molecular formula is C8H6BrCl2N. The quantitative estimate of drug-likeness (QED) is 0.587. The summed E-state index contributed by atoms with van der Waals surface area (Å²) in [5.74, 6) is 0.475. The van der Waals surface area contributed by atoms with Gasteiger partial charge in [0.2, 0.25) is 0 Å². The summed E-state index contributed by atoms with van der Waals surface area (Å²) >= 11 is 14.6. The molecular weight excluding hydrogens is 261 g/mol. The summed E-state index contributed by atoms with van der Waals surface area (Å²) in [5.41, 5.74) is 0.867. The molecule has 0 spiro atoms. The molecule has 1 aromatic rings. The second-order valence-corrected chi connectivity index (χ2v) is 3.67. The fourth-order valence-corrected chi connectivity index (χ4v) is 1.33. The van der Waals surface area contributed by atoms with Crippen LogP contribution in [0.2, 0.25) is 5.15 Å². The monoisotopic (exact) mass is 265 g/mol. The second-order valence-electron chi connectivity index (χ2n) is 2.09. The molecule has 0 fully saturated rings. The molecule has 0 aromatic carbocycles. The van der Waals surface area contributed by atoms with Crippen molar-refractivity contribution in [2.45, 2.75) is 0 Å². The summed E-state index contributed by atoms with van der Waals surface area (Å²) in [4.78, 5) is 3.96. The number of aromatic nitrogens is 1. The fraction of sp³-hybridized carbons (Fsp3) is 0.125. The van der Waals surface area contributed by atoms with Crippen molar-refractivity contribution in [3.05, 3.63) is 33.5 Å². The van der Waals surface area contributed by atoms with E-state index in [2.05, 4.69) is 20.9 Å². The summed E-state index contributed by atoms with van der Waals surface area (Å²) in [7, 11) is 0. The Bertz CT molecular complexity index is 299. The third-order valence-electron chi connectivity index (χ3n) is 1.22. The first-order chi connectivity index (χ1) is 5.74. The lowest BCUT2D eigenvalue weighted by Gasteiger charge is -1.96. The predicted octanol–water partition coefficient (Wildman–Crippen LogP) is 3.75. The van der Waals surface area contributed by atoms with E-state index >= 15 is 0 Å². The molecule has 1 rings (SSSR count).